The van der Waals surface area contributed by atoms with Crippen molar-refractivity contribution in [1.29, 1.82) is 0 Å². The molecule has 0 saturated carbocycles. The van der Waals surface area contributed by atoms with E-state index >= 15 is 0 Å². The molecule has 4 heteroatoms. The van der Waals surface area contributed by atoms with Crippen LogP contribution in [0.3, 0.4) is 0 Å². The van der Waals surface area contributed by atoms with E-state index < -0.39 is 11.8 Å². The predicted octanol–water partition coefficient (Wildman–Crippen LogP) is 4.52. The Kier molecular flexibility index (Phi) is 4.35. The highest BCUT2D eigenvalue weighted by atomic mass is 79.9. The van der Waals surface area contributed by atoms with Crippen LogP contribution in [0.25, 0.3) is 11.6 Å². The monoisotopic (exact) mass is 334 g/mol. The van der Waals surface area contributed by atoms with Gasteiger partial charge in [-0.3, -0.25) is 0 Å². The standard InChI is InChI=1S/C16H12BrFO2/c1-10-2-5-12(9-15(10)18)14(16(19)20)8-11-3-6-13(17)7-4-11/h2-9H,1H3,(H,19,20)/b14-8-. The lowest BCUT2D eigenvalue weighted by Gasteiger charge is -2.05. The minimum atomic E-state index is -1.09. The molecule has 102 valence electrons. The number of hydrogen-bond acceptors (Lipinski definition) is 1. The largest absolute Gasteiger partial charge is 0.478 e. The Morgan fingerprint density at radius 1 is 1.20 bits per heavy atom. The van der Waals surface area contributed by atoms with E-state index in [0.29, 0.717) is 11.1 Å². The minimum absolute atomic E-state index is 0.0613. The fourth-order valence-corrected chi connectivity index (χ4v) is 2.02. The number of carboxylic acids is 1. The van der Waals surface area contributed by atoms with Crippen molar-refractivity contribution in [1.82, 2.24) is 0 Å². The number of hydrogen-bond donors (Lipinski definition) is 1. The molecule has 0 saturated heterocycles. The van der Waals surface area contributed by atoms with Crippen molar-refractivity contribution in [2.75, 3.05) is 0 Å². The van der Waals surface area contributed by atoms with E-state index in [0.717, 1.165) is 10.0 Å². The lowest BCUT2D eigenvalue weighted by Crippen LogP contribution is -2.00. The van der Waals surface area contributed by atoms with Crippen LogP contribution in [0.5, 0.6) is 0 Å². The lowest BCUT2D eigenvalue weighted by molar-refractivity contribution is -0.130. The van der Waals surface area contributed by atoms with Gasteiger partial charge in [-0.05, 0) is 47.9 Å². The Hall–Kier alpha value is -1.94. The SMILES string of the molecule is Cc1ccc(/C(=C/c2ccc(Br)cc2)C(=O)O)cc1F. The van der Waals surface area contributed by atoms with Crippen molar-refractivity contribution in [3.8, 4) is 0 Å². The predicted molar refractivity (Wildman–Crippen MR) is 80.8 cm³/mol. The highest BCUT2D eigenvalue weighted by Crippen LogP contribution is 2.22. The molecule has 0 amide bonds. The summed E-state index contributed by atoms with van der Waals surface area (Å²) in [5, 5.41) is 9.30. The zero-order valence-corrected chi connectivity index (χ0v) is 12.3. The lowest BCUT2D eigenvalue weighted by atomic mass is 10.0. The molecule has 0 aliphatic rings. The molecule has 1 N–H and O–H groups in total. The summed E-state index contributed by atoms with van der Waals surface area (Å²) in [4.78, 5) is 11.4. The van der Waals surface area contributed by atoms with Crippen LogP contribution >= 0.6 is 15.9 Å². The highest BCUT2D eigenvalue weighted by molar-refractivity contribution is 9.10. The van der Waals surface area contributed by atoms with Gasteiger partial charge in [0.05, 0.1) is 5.57 Å². The highest BCUT2D eigenvalue weighted by Gasteiger charge is 2.12. The van der Waals surface area contributed by atoms with Gasteiger partial charge in [0.1, 0.15) is 5.82 Å². The Morgan fingerprint density at radius 2 is 1.85 bits per heavy atom. The van der Waals surface area contributed by atoms with Gasteiger partial charge >= 0.3 is 5.97 Å². The zero-order valence-electron chi connectivity index (χ0n) is 10.7. The normalized spacial score (nSPS) is 11.4. The van der Waals surface area contributed by atoms with Crippen LogP contribution in [0, 0.1) is 12.7 Å². The van der Waals surface area contributed by atoms with Gasteiger partial charge in [-0.15, -0.1) is 0 Å². The Balaban J connectivity index is 2.48. The van der Waals surface area contributed by atoms with Gasteiger partial charge in [-0.1, -0.05) is 40.2 Å². The van der Waals surface area contributed by atoms with E-state index in [9.17, 15) is 14.3 Å². The van der Waals surface area contributed by atoms with E-state index in [1.807, 2.05) is 12.1 Å². The average molecular weight is 335 g/mol. The fraction of sp³-hybridized carbons (Fsp3) is 0.0625. The Bertz CT molecular complexity index is 675. The summed E-state index contributed by atoms with van der Waals surface area (Å²) in [6.45, 7) is 1.64. The molecule has 2 nitrogen and oxygen atoms in total. The van der Waals surface area contributed by atoms with Gasteiger partial charge in [0.2, 0.25) is 0 Å². The summed E-state index contributed by atoms with van der Waals surface area (Å²) < 4.78 is 14.5. The quantitative estimate of drug-likeness (QED) is 0.661. The zero-order chi connectivity index (χ0) is 14.7. The molecule has 0 aromatic heterocycles. The molecule has 20 heavy (non-hydrogen) atoms. The van der Waals surface area contributed by atoms with Crippen molar-refractivity contribution >= 4 is 33.5 Å². The summed E-state index contributed by atoms with van der Waals surface area (Å²) in [6, 6.07) is 11.6. The maximum Gasteiger partial charge on any atom is 0.336 e. The molecule has 2 rings (SSSR count). The number of aryl methyl sites for hydroxylation is 1. The third-order valence-corrected chi connectivity index (χ3v) is 3.42. The minimum Gasteiger partial charge on any atom is -0.478 e. The Morgan fingerprint density at radius 3 is 2.40 bits per heavy atom. The number of carboxylic acid groups (broad SMARTS) is 1. The molecule has 0 atom stereocenters. The van der Waals surface area contributed by atoms with E-state index in [-0.39, 0.29) is 5.57 Å². The smallest absolute Gasteiger partial charge is 0.336 e. The van der Waals surface area contributed by atoms with E-state index in [2.05, 4.69) is 15.9 Å². The summed E-state index contributed by atoms with van der Waals surface area (Å²) in [6.07, 6.45) is 1.53. The van der Waals surface area contributed by atoms with Gasteiger partial charge in [0.25, 0.3) is 0 Å². The van der Waals surface area contributed by atoms with Crippen LogP contribution in [0.1, 0.15) is 16.7 Å². The van der Waals surface area contributed by atoms with Crippen LogP contribution in [-0.4, -0.2) is 11.1 Å². The van der Waals surface area contributed by atoms with Crippen molar-refractivity contribution < 1.29 is 14.3 Å². The van der Waals surface area contributed by atoms with Crippen LogP contribution in [0.2, 0.25) is 0 Å². The Labute approximate surface area is 124 Å². The first-order valence-electron chi connectivity index (χ1n) is 5.94. The maximum atomic E-state index is 13.6. The van der Waals surface area contributed by atoms with Gasteiger partial charge in [0, 0.05) is 4.47 Å². The van der Waals surface area contributed by atoms with Gasteiger partial charge in [-0.25, -0.2) is 9.18 Å². The molecule has 0 bridgehead atoms. The summed E-state index contributed by atoms with van der Waals surface area (Å²) >= 11 is 3.32. The van der Waals surface area contributed by atoms with E-state index in [1.165, 1.54) is 12.1 Å². The molecular weight excluding hydrogens is 323 g/mol. The molecule has 0 heterocycles. The van der Waals surface area contributed by atoms with Crippen LogP contribution in [0.15, 0.2) is 46.9 Å². The second-order valence-corrected chi connectivity index (χ2v) is 5.29. The number of aliphatic carboxylic acids is 1. The second kappa shape index (κ2) is 6.01. The average Bonchev–Trinajstić information content (AvgIpc) is 2.41. The van der Waals surface area contributed by atoms with Crippen LogP contribution in [-0.2, 0) is 4.79 Å². The van der Waals surface area contributed by atoms with Crippen LogP contribution in [0.4, 0.5) is 4.39 Å². The first-order valence-corrected chi connectivity index (χ1v) is 6.74. The molecule has 0 fully saturated rings. The first-order chi connectivity index (χ1) is 9.47. The van der Waals surface area contributed by atoms with Crippen molar-refractivity contribution in [3.63, 3.8) is 0 Å². The van der Waals surface area contributed by atoms with Crippen molar-refractivity contribution in [2.24, 2.45) is 0 Å². The number of halogens is 2. The topological polar surface area (TPSA) is 37.3 Å². The third-order valence-electron chi connectivity index (χ3n) is 2.89. The van der Waals surface area contributed by atoms with Crippen molar-refractivity contribution in [3.05, 3.63) is 69.4 Å². The molecule has 0 radical (unpaired) electrons. The van der Waals surface area contributed by atoms with Crippen molar-refractivity contribution in [2.45, 2.75) is 6.92 Å². The van der Waals surface area contributed by atoms with Gasteiger partial charge in [0.15, 0.2) is 0 Å². The first kappa shape index (κ1) is 14.5. The molecular formula is C16H12BrFO2. The number of benzene rings is 2. The fourth-order valence-electron chi connectivity index (χ4n) is 1.75. The van der Waals surface area contributed by atoms with E-state index in [4.69, 9.17) is 0 Å². The molecule has 0 unspecified atom stereocenters. The second-order valence-electron chi connectivity index (χ2n) is 4.38. The molecule has 0 aliphatic heterocycles. The molecule has 0 spiro atoms. The number of rotatable bonds is 3. The molecule has 0 aliphatic carbocycles. The van der Waals surface area contributed by atoms with Crippen LogP contribution < -0.4 is 0 Å². The maximum absolute atomic E-state index is 13.6. The summed E-state index contributed by atoms with van der Waals surface area (Å²) in [5.74, 6) is -1.50. The summed E-state index contributed by atoms with van der Waals surface area (Å²) in [7, 11) is 0. The third kappa shape index (κ3) is 3.33. The summed E-state index contributed by atoms with van der Waals surface area (Å²) in [5.41, 5.74) is 1.64. The van der Waals surface area contributed by atoms with Gasteiger partial charge < -0.3 is 5.11 Å². The van der Waals surface area contributed by atoms with E-state index in [1.54, 1.807) is 31.2 Å². The molecule has 2 aromatic rings. The van der Waals surface area contributed by atoms with Gasteiger partial charge in [-0.2, -0.15) is 0 Å². The number of carbonyl (C=O) groups is 1. The molecule has 2 aromatic carbocycles.